The van der Waals surface area contributed by atoms with Crippen molar-refractivity contribution < 1.29 is 14.3 Å². The lowest BCUT2D eigenvalue weighted by Crippen LogP contribution is -2.37. The molecule has 1 heterocycles. The minimum absolute atomic E-state index is 0.0691. The molecule has 2 rings (SSSR count). The van der Waals surface area contributed by atoms with Gasteiger partial charge in [-0.05, 0) is 43.2 Å². The third-order valence-corrected chi connectivity index (χ3v) is 3.74. The quantitative estimate of drug-likeness (QED) is 0.833. The third-order valence-electron chi connectivity index (χ3n) is 3.74. The van der Waals surface area contributed by atoms with E-state index in [1.807, 2.05) is 19.1 Å². The first-order chi connectivity index (χ1) is 12.4. The maximum atomic E-state index is 12.3. The van der Waals surface area contributed by atoms with Gasteiger partial charge in [0.15, 0.2) is 0 Å². The summed E-state index contributed by atoms with van der Waals surface area (Å²) in [5, 5.41) is 5.62. The normalized spacial score (nSPS) is 11.4. The summed E-state index contributed by atoms with van der Waals surface area (Å²) in [5.74, 6) is 0.260. The summed E-state index contributed by atoms with van der Waals surface area (Å²) in [7, 11) is 4.82. The number of benzene rings is 1. The van der Waals surface area contributed by atoms with Gasteiger partial charge in [-0.3, -0.25) is 9.78 Å². The topological polar surface area (TPSA) is 83.6 Å². The lowest BCUT2D eigenvalue weighted by atomic mass is 10.1. The minimum atomic E-state index is -0.338. The van der Waals surface area contributed by atoms with E-state index in [0.29, 0.717) is 23.4 Å². The van der Waals surface area contributed by atoms with Crippen molar-refractivity contribution in [1.29, 1.82) is 0 Å². The highest BCUT2D eigenvalue weighted by Crippen LogP contribution is 2.23. The van der Waals surface area contributed by atoms with Crippen LogP contribution >= 0.6 is 0 Å². The smallest absolute Gasteiger partial charge is 0.319 e. The van der Waals surface area contributed by atoms with E-state index >= 15 is 0 Å². The fourth-order valence-electron chi connectivity index (χ4n) is 2.51. The first-order valence-corrected chi connectivity index (χ1v) is 8.26. The summed E-state index contributed by atoms with van der Waals surface area (Å²) < 4.78 is 5.23. The van der Waals surface area contributed by atoms with Crippen LogP contribution in [0.15, 0.2) is 42.7 Å². The van der Waals surface area contributed by atoms with Crippen molar-refractivity contribution in [3.05, 3.63) is 53.9 Å². The summed E-state index contributed by atoms with van der Waals surface area (Å²) in [5.41, 5.74) is 1.95. The number of pyridine rings is 1. The highest BCUT2D eigenvalue weighted by Gasteiger charge is 2.16. The Morgan fingerprint density at radius 2 is 2.04 bits per heavy atom. The van der Waals surface area contributed by atoms with Gasteiger partial charge in [0.2, 0.25) is 0 Å². The first kappa shape index (κ1) is 19.2. The summed E-state index contributed by atoms with van der Waals surface area (Å²) in [4.78, 5) is 30.0. The van der Waals surface area contributed by atoms with Crippen molar-refractivity contribution in [2.75, 3.05) is 26.5 Å². The Balaban J connectivity index is 2.02. The van der Waals surface area contributed by atoms with E-state index in [0.717, 1.165) is 5.56 Å². The summed E-state index contributed by atoms with van der Waals surface area (Å²) in [6.45, 7) is 1.92. The number of carbonyl (C=O) groups is 2. The molecular formula is C19H24N4O3. The van der Waals surface area contributed by atoms with Crippen molar-refractivity contribution in [3.63, 3.8) is 0 Å². The van der Waals surface area contributed by atoms with Gasteiger partial charge in [-0.15, -0.1) is 0 Å². The number of hydrogen-bond donors (Lipinski definition) is 2. The van der Waals surface area contributed by atoms with Crippen LogP contribution < -0.4 is 15.4 Å². The van der Waals surface area contributed by atoms with Gasteiger partial charge in [-0.25, -0.2) is 4.79 Å². The second-order valence-electron chi connectivity index (χ2n) is 6.18. The molecule has 0 fully saturated rings. The predicted octanol–water partition coefficient (Wildman–Crippen LogP) is 2.54. The number of methoxy groups -OCH3 is 1. The second kappa shape index (κ2) is 8.84. The number of carbonyl (C=O) groups excluding carboxylic acids is 2. The van der Waals surface area contributed by atoms with Gasteiger partial charge in [0.25, 0.3) is 5.91 Å². The molecule has 26 heavy (non-hydrogen) atoms. The van der Waals surface area contributed by atoms with Gasteiger partial charge < -0.3 is 20.3 Å². The molecule has 0 aliphatic heterocycles. The number of rotatable bonds is 6. The molecule has 0 saturated heterocycles. The number of aromatic nitrogens is 1. The minimum Gasteiger partial charge on any atom is -0.496 e. The average molecular weight is 356 g/mol. The Morgan fingerprint density at radius 3 is 2.65 bits per heavy atom. The van der Waals surface area contributed by atoms with Crippen LogP contribution in [-0.4, -0.2) is 49.1 Å². The number of anilines is 1. The zero-order valence-electron chi connectivity index (χ0n) is 15.4. The van der Waals surface area contributed by atoms with Crippen LogP contribution in [0.3, 0.4) is 0 Å². The highest BCUT2D eigenvalue weighted by atomic mass is 16.5. The van der Waals surface area contributed by atoms with E-state index in [-0.39, 0.29) is 18.0 Å². The summed E-state index contributed by atoms with van der Waals surface area (Å²) in [6.07, 6.45) is 4.16. The van der Waals surface area contributed by atoms with E-state index < -0.39 is 0 Å². The molecular weight excluding hydrogens is 332 g/mol. The molecule has 0 saturated carbocycles. The fourth-order valence-corrected chi connectivity index (χ4v) is 2.51. The Hall–Kier alpha value is -3.09. The largest absolute Gasteiger partial charge is 0.496 e. The Morgan fingerprint density at radius 1 is 1.27 bits per heavy atom. The van der Waals surface area contributed by atoms with Crippen LogP contribution in [0.1, 0.15) is 22.8 Å². The number of nitrogens with zero attached hydrogens (tertiary/aromatic N) is 2. The number of ether oxygens (including phenoxy) is 1. The molecule has 3 amide bonds. The van der Waals surface area contributed by atoms with Crippen LogP contribution in [0.4, 0.5) is 10.5 Å². The molecule has 7 nitrogen and oxygen atoms in total. The second-order valence-corrected chi connectivity index (χ2v) is 6.18. The zero-order valence-corrected chi connectivity index (χ0v) is 15.4. The molecule has 0 aliphatic rings. The van der Waals surface area contributed by atoms with E-state index in [1.165, 1.54) is 12.0 Å². The molecule has 1 aromatic heterocycles. The molecule has 1 aromatic carbocycles. The van der Waals surface area contributed by atoms with Crippen LogP contribution in [0, 0.1) is 0 Å². The number of urea groups is 1. The van der Waals surface area contributed by atoms with E-state index in [1.54, 1.807) is 44.7 Å². The van der Waals surface area contributed by atoms with Crippen molar-refractivity contribution in [2.24, 2.45) is 0 Å². The standard InChI is InChI=1S/C19H24N4O3/c1-13(10-14-6-5-9-20-12-14)21-19(25)22-15-7-8-17(26-4)16(11-15)18(24)23(2)3/h5-9,11-13H,10H2,1-4H3,(H2,21,22,25)/t13-/m1/s1. The summed E-state index contributed by atoms with van der Waals surface area (Å²) in [6, 6.07) is 8.37. The third kappa shape index (κ3) is 5.20. The first-order valence-electron chi connectivity index (χ1n) is 8.26. The van der Waals surface area contributed by atoms with Gasteiger partial charge in [-0.1, -0.05) is 6.07 Å². The Labute approximate surface area is 153 Å². The van der Waals surface area contributed by atoms with Crippen molar-refractivity contribution in [1.82, 2.24) is 15.2 Å². The van der Waals surface area contributed by atoms with Gasteiger partial charge in [0.05, 0.1) is 12.7 Å². The van der Waals surface area contributed by atoms with Crippen molar-refractivity contribution >= 4 is 17.6 Å². The van der Waals surface area contributed by atoms with Gasteiger partial charge in [0, 0.05) is 38.2 Å². The monoisotopic (exact) mass is 356 g/mol. The number of amides is 3. The molecule has 0 radical (unpaired) electrons. The average Bonchev–Trinajstić information content (AvgIpc) is 2.61. The molecule has 2 N–H and O–H groups in total. The molecule has 0 bridgehead atoms. The van der Waals surface area contributed by atoms with Crippen LogP contribution in [0.5, 0.6) is 5.75 Å². The molecule has 0 aliphatic carbocycles. The van der Waals surface area contributed by atoms with Gasteiger partial charge >= 0.3 is 6.03 Å². The molecule has 138 valence electrons. The lowest BCUT2D eigenvalue weighted by Gasteiger charge is -2.17. The molecule has 0 spiro atoms. The SMILES string of the molecule is COc1ccc(NC(=O)N[C@H](C)Cc2cccnc2)cc1C(=O)N(C)C. The van der Waals surface area contributed by atoms with Gasteiger partial charge in [0.1, 0.15) is 5.75 Å². The zero-order chi connectivity index (χ0) is 19.1. The van der Waals surface area contributed by atoms with Crippen LogP contribution in [-0.2, 0) is 6.42 Å². The summed E-state index contributed by atoms with van der Waals surface area (Å²) >= 11 is 0. The maximum Gasteiger partial charge on any atom is 0.319 e. The molecule has 1 atom stereocenters. The van der Waals surface area contributed by atoms with Crippen molar-refractivity contribution in [2.45, 2.75) is 19.4 Å². The maximum absolute atomic E-state index is 12.3. The van der Waals surface area contributed by atoms with E-state index in [4.69, 9.17) is 4.74 Å². The van der Waals surface area contributed by atoms with Crippen LogP contribution in [0.2, 0.25) is 0 Å². The molecule has 2 aromatic rings. The van der Waals surface area contributed by atoms with E-state index in [9.17, 15) is 9.59 Å². The highest BCUT2D eigenvalue weighted by molar-refractivity contribution is 5.99. The predicted molar refractivity (Wildman–Crippen MR) is 101 cm³/mol. The molecule has 0 unspecified atom stereocenters. The lowest BCUT2D eigenvalue weighted by molar-refractivity contribution is 0.0824. The Kier molecular flexibility index (Phi) is 6.54. The number of nitrogens with one attached hydrogen (secondary N) is 2. The van der Waals surface area contributed by atoms with Crippen LogP contribution in [0.25, 0.3) is 0 Å². The molecule has 7 heteroatoms. The van der Waals surface area contributed by atoms with Gasteiger partial charge in [-0.2, -0.15) is 0 Å². The Bertz CT molecular complexity index is 763. The number of hydrogen-bond acceptors (Lipinski definition) is 4. The van der Waals surface area contributed by atoms with E-state index in [2.05, 4.69) is 15.6 Å². The fraction of sp³-hybridized carbons (Fsp3) is 0.316. The van der Waals surface area contributed by atoms with Crippen molar-refractivity contribution in [3.8, 4) is 5.75 Å².